The second-order valence-corrected chi connectivity index (χ2v) is 7.09. The van der Waals surface area contributed by atoms with Gasteiger partial charge in [0, 0.05) is 30.0 Å². The first kappa shape index (κ1) is 16.6. The van der Waals surface area contributed by atoms with Crippen molar-refractivity contribution >= 4 is 29.3 Å². The molecule has 0 fully saturated rings. The van der Waals surface area contributed by atoms with Crippen molar-refractivity contribution in [1.29, 1.82) is 0 Å². The van der Waals surface area contributed by atoms with Crippen LogP contribution < -0.4 is 10.6 Å². The van der Waals surface area contributed by atoms with E-state index in [9.17, 15) is 9.59 Å². The quantitative estimate of drug-likeness (QED) is 0.897. The Kier molecular flexibility index (Phi) is 5.20. The van der Waals surface area contributed by atoms with Gasteiger partial charge in [0.1, 0.15) is 0 Å². The minimum absolute atomic E-state index is 0.0898. The highest BCUT2D eigenvalue weighted by molar-refractivity contribution is 7.99. The molecule has 2 amide bonds. The summed E-state index contributed by atoms with van der Waals surface area (Å²) < 4.78 is 0. The van der Waals surface area contributed by atoms with Crippen LogP contribution in [0.3, 0.4) is 0 Å². The maximum absolute atomic E-state index is 12.3. The molecule has 0 aliphatic carbocycles. The first-order valence-electron chi connectivity index (χ1n) is 7.99. The first-order chi connectivity index (χ1) is 11.6. The highest BCUT2D eigenvalue weighted by Gasteiger charge is 2.20. The van der Waals surface area contributed by atoms with Gasteiger partial charge in [-0.25, -0.2) is 0 Å². The van der Waals surface area contributed by atoms with Gasteiger partial charge in [0.25, 0.3) is 5.91 Å². The Labute approximate surface area is 146 Å². The maximum atomic E-state index is 12.3. The van der Waals surface area contributed by atoms with Crippen LogP contribution in [0.4, 0.5) is 5.69 Å². The molecule has 1 atom stereocenters. The summed E-state index contributed by atoms with van der Waals surface area (Å²) >= 11 is 1.89. The molecule has 1 aliphatic rings. The standard InChI is InChI=1S/C19H20N2O2S/c1-13(22)21-16-8-6-15(7-9-16)19(23)20-12-18-17-5-3-2-4-14(17)10-11-24-18/h2-9,18H,10-12H2,1H3,(H,20,23)(H,21,22). The van der Waals surface area contributed by atoms with Gasteiger partial charge in [0.2, 0.25) is 5.91 Å². The van der Waals surface area contributed by atoms with Gasteiger partial charge in [0.15, 0.2) is 0 Å². The lowest BCUT2D eigenvalue weighted by Gasteiger charge is -2.25. The monoisotopic (exact) mass is 340 g/mol. The fourth-order valence-corrected chi connectivity index (χ4v) is 4.07. The molecule has 2 N–H and O–H groups in total. The number of hydrogen-bond acceptors (Lipinski definition) is 3. The molecule has 0 spiro atoms. The van der Waals surface area contributed by atoms with E-state index in [0.717, 1.165) is 12.2 Å². The van der Waals surface area contributed by atoms with Gasteiger partial charge in [-0.2, -0.15) is 11.8 Å². The highest BCUT2D eigenvalue weighted by Crippen LogP contribution is 2.35. The van der Waals surface area contributed by atoms with Crippen molar-refractivity contribution in [3.05, 3.63) is 65.2 Å². The molecule has 0 aromatic heterocycles. The van der Waals surface area contributed by atoms with Crippen molar-refractivity contribution in [2.24, 2.45) is 0 Å². The fraction of sp³-hybridized carbons (Fsp3) is 0.263. The van der Waals surface area contributed by atoms with Crippen molar-refractivity contribution in [2.45, 2.75) is 18.6 Å². The van der Waals surface area contributed by atoms with Crippen LogP contribution in [0, 0.1) is 0 Å². The second kappa shape index (κ2) is 7.53. The Bertz CT molecular complexity index is 743. The topological polar surface area (TPSA) is 58.2 Å². The van der Waals surface area contributed by atoms with E-state index in [1.807, 2.05) is 11.8 Å². The summed E-state index contributed by atoms with van der Waals surface area (Å²) in [5, 5.41) is 6.02. The van der Waals surface area contributed by atoms with E-state index in [-0.39, 0.29) is 11.8 Å². The smallest absolute Gasteiger partial charge is 0.251 e. The molecule has 0 saturated carbocycles. The van der Waals surface area contributed by atoms with E-state index in [1.54, 1.807) is 24.3 Å². The number of aryl methyl sites for hydroxylation is 1. The Morgan fingerprint density at radius 3 is 2.62 bits per heavy atom. The molecule has 0 radical (unpaired) electrons. The number of hydrogen-bond donors (Lipinski definition) is 2. The minimum atomic E-state index is -0.125. The number of thioether (sulfide) groups is 1. The molecule has 0 bridgehead atoms. The normalized spacial score (nSPS) is 16.1. The van der Waals surface area contributed by atoms with Crippen molar-refractivity contribution in [2.75, 3.05) is 17.6 Å². The lowest BCUT2D eigenvalue weighted by Crippen LogP contribution is -2.29. The number of amides is 2. The van der Waals surface area contributed by atoms with Gasteiger partial charge in [0.05, 0.1) is 0 Å². The van der Waals surface area contributed by atoms with E-state index in [0.29, 0.717) is 23.0 Å². The molecule has 1 aliphatic heterocycles. The van der Waals surface area contributed by atoms with E-state index < -0.39 is 0 Å². The van der Waals surface area contributed by atoms with E-state index in [1.165, 1.54) is 18.1 Å². The van der Waals surface area contributed by atoms with Crippen LogP contribution >= 0.6 is 11.8 Å². The zero-order chi connectivity index (χ0) is 16.9. The summed E-state index contributed by atoms with van der Waals surface area (Å²) in [5.74, 6) is 0.872. The highest BCUT2D eigenvalue weighted by atomic mass is 32.2. The predicted octanol–water partition coefficient (Wildman–Crippen LogP) is 3.41. The summed E-state index contributed by atoms with van der Waals surface area (Å²) in [5.41, 5.74) is 4.00. The van der Waals surface area contributed by atoms with Crippen LogP contribution in [0.15, 0.2) is 48.5 Å². The van der Waals surface area contributed by atoms with Gasteiger partial charge < -0.3 is 10.6 Å². The van der Waals surface area contributed by atoms with Crippen LogP contribution in [-0.2, 0) is 11.2 Å². The van der Waals surface area contributed by atoms with Gasteiger partial charge in [-0.05, 0) is 47.6 Å². The van der Waals surface area contributed by atoms with E-state index in [2.05, 4.69) is 34.9 Å². The number of benzene rings is 2. The third kappa shape index (κ3) is 3.97. The Hall–Kier alpha value is -2.27. The third-order valence-corrected chi connectivity index (χ3v) is 5.27. The minimum Gasteiger partial charge on any atom is -0.351 e. The maximum Gasteiger partial charge on any atom is 0.251 e. The number of carbonyl (C=O) groups is 2. The summed E-state index contributed by atoms with van der Waals surface area (Å²) in [6.07, 6.45) is 1.09. The van der Waals surface area contributed by atoms with Crippen LogP contribution in [0.1, 0.15) is 33.7 Å². The lowest BCUT2D eigenvalue weighted by molar-refractivity contribution is -0.114. The number of anilines is 1. The SMILES string of the molecule is CC(=O)Nc1ccc(C(=O)NCC2SCCc3ccccc32)cc1. The van der Waals surface area contributed by atoms with Crippen LogP contribution in [0.2, 0.25) is 0 Å². The molecular weight excluding hydrogens is 320 g/mol. The third-order valence-electron chi connectivity index (χ3n) is 4.01. The number of nitrogens with one attached hydrogen (secondary N) is 2. The Balaban J connectivity index is 1.61. The number of rotatable bonds is 4. The molecular formula is C19H20N2O2S. The second-order valence-electron chi connectivity index (χ2n) is 5.78. The molecule has 2 aromatic rings. The van der Waals surface area contributed by atoms with Gasteiger partial charge in [-0.1, -0.05) is 24.3 Å². The molecule has 1 unspecified atom stereocenters. The molecule has 24 heavy (non-hydrogen) atoms. The molecule has 5 heteroatoms. The molecule has 2 aromatic carbocycles. The van der Waals surface area contributed by atoms with Crippen molar-refractivity contribution in [1.82, 2.24) is 5.32 Å². The van der Waals surface area contributed by atoms with Crippen molar-refractivity contribution in [3.8, 4) is 0 Å². The van der Waals surface area contributed by atoms with Crippen molar-refractivity contribution < 1.29 is 9.59 Å². The first-order valence-corrected chi connectivity index (χ1v) is 9.03. The fourth-order valence-electron chi connectivity index (χ4n) is 2.84. The van der Waals surface area contributed by atoms with Crippen LogP contribution in [0.5, 0.6) is 0 Å². The van der Waals surface area contributed by atoms with Crippen LogP contribution in [-0.4, -0.2) is 24.1 Å². The van der Waals surface area contributed by atoms with Gasteiger partial charge in [-0.3, -0.25) is 9.59 Å². The van der Waals surface area contributed by atoms with Crippen molar-refractivity contribution in [3.63, 3.8) is 0 Å². The zero-order valence-electron chi connectivity index (χ0n) is 13.5. The lowest BCUT2D eigenvalue weighted by atomic mass is 10.0. The molecule has 3 rings (SSSR count). The van der Waals surface area contributed by atoms with E-state index >= 15 is 0 Å². The van der Waals surface area contributed by atoms with Gasteiger partial charge in [-0.15, -0.1) is 0 Å². The molecule has 124 valence electrons. The number of carbonyl (C=O) groups excluding carboxylic acids is 2. The average Bonchev–Trinajstić information content (AvgIpc) is 2.59. The summed E-state index contributed by atoms with van der Waals surface area (Å²) in [7, 11) is 0. The zero-order valence-corrected chi connectivity index (χ0v) is 14.4. The summed E-state index contributed by atoms with van der Waals surface area (Å²) in [4.78, 5) is 23.3. The molecule has 4 nitrogen and oxygen atoms in total. The predicted molar refractivity (Wildman–Crippen MR) is 98.4 cm³/mol. The summed E-state index contributed by atoms with van der Waals surface area (Å²) in [6, 6.07) is 15.4. The summed E-state index contributed by atoms with van der Waals surface area (Å²) in [6.45, 7) is 2.08. The average molecular weight is 340 g/mol. The van der Waals surface area contributed by atoms with Crippen LogP contribution in [0.25, 0.3) is 0 Å². The largest absolute Gasteiger partial charge is 0.351 e. The molecule has 0 saturated heterocycles. The van der Waals surface area contributed by atoms with Gasteiger partial charge >= 0.3 is 0 Å². The Morgan fingerprint density at radius 2 is 1.88 bits per heavy atom. The Morgan fingerprint density at radius 1 is 1.12 bits per heavy atom. The number of fused-ring (bicyclic) bond motifs is 1. The molecule has 1 heterocycles. The van der Waals surface area contributed by atoms with E-state index in [4.69, 9.17) is 0 Å².